The Balaban J connectivity index is 4.66. The maximum absolute atomic E-state index is 3.20. The van der Waals surface area contributed by atoms with Crippen molar-refractivity contribution >= 4 is 61.7 Å². The van der Waals surface area contributed by atoms with E-state index in [1.807, 2.05) is 5.20 Å². The molecule has 0 fully saturated rings. The van der Waals surface area contributed by atoms with E-state index in [9.17, 15) is 0 Å². The lowest BCUT2D eigenvalue weighted by Gasteiger charge is -2.71. The van der Waals surface area contributed by atoms with Crippen LogP contribution in [0.1, 0.15) is 0 Å². The van der Waals surface area contributed by atoms with Gasteiger partial charge in [-0.05, 0) is 9.32 Å². The second kappa shape index (κ2) is 9.12. The van der Waals surface area contributed by atoms with Gasteiger partial charge >= 0.3 is 0 Å². The van der Waals surface area contributed by atoms with Crippen LogP contribution in [0.25, 0.3) is 0 Å². The van der Waals surface area contributed by atoms with Crippen LogP contribution in [-0.2, 0) is 0 Å². The van der Waals surface area contributed by atoms with Crippen LogP contribution >= 0.6 is 0 Å². The summed E-state index contributed by atoms with van der Waals surface area (Å²) in [5.41, 5.74) is 0. The molecule has 0 aromatic heterocycles. The average Bonchev–Trinajstić information content (AvgIpc) is 2.45. The van der Waals surface area contributed by atoms with E-state index in [1.54, 1.807) is 0 Å². The van der Waals surface area contributed by atoms with Crippen molar-refractivity contribution < 1.29 is 0 Å². The molecule has 0 unspecified atom stereocenters. The maximum atomic E-state index is 3.20. The first-order valence-corrected chi connectivity index (χ1v) is 43.7. The normalized spacial score (nSPS) is 20.7. The SMILES string of the molecule is C[Si](C)(C)C1([Si](C)(C)C)C=CC([Si]([Si](C)(C)C)([Si](C)(C)C)[Si](C)(C)C)=CC1([Si](C)(C)C)[Si](C)(C)C. The zero-order valence-electron chi connectivity index (χ0n) is 28.2. The van der Waals surface area contributed by atoms with Crippen molar-refractivity contribution in [2.75, 3.05) is 0 Å². The van der Waals surface area contributed by atoms with E-state index in [0.717, 1.165) is 0 Å². The van der Waals surface area contributed by atoms with E-state index in [4.69, 9.17) is 0 Å². The fourth-order valence-corrected chi connectivity index (χ4v) is 146. The maximum Gasteiger partial charge on any atom is 0.0681 e. The van der Waals surface area contributed by atoms with Gasteiger partial charge in [0.2, 0.25) is 0 Å². The summed E-state index contributed by atoms with van der Waals surface area (Å²) in [4.78, 5) is 0. The highest BCUT2D eigenvalue weighted by Crippen LogP contribution is 2.74. The smallest absolute Gasteiger partial charge is 0.0681 e. The average molecular weight is 616 g/mol. The van der Waals surface area contributed by atoms with Crippen LogP contribution in [0.5, 0.6) is 0 Å². The number of hydrogen-bond acceptors (Lipinski definition) is 0. The summed E-state index contributed by atoms with van der Waals surface area (Å²) in [6.45, 7) is 56.5. The summed E-state index contributed by atoms with van der Waals surface area (Å²) in [6, 6.07) is 0. The molecule has 0 nitrogen and oxygen atoms in total. The largest absolute Gasteiger partial charge is 0.0849 e. The van der Waals surface area contributed by atoms with Crippen LogP contribution in [0, 0.1) is 0 Å². The summed E-state index contributed by atoms with van der Waals surface area (Å²) >= 11 is 0. The first kappa shape index (κ1) is 34.2. The molecule has 1 aliphatic carbocycles. The van der Waals surface area contributed by atoms with Crippen molar-refractivity contribution in [3.63, 3.8) is 0 Å². The van der Waals surface area contributed by atoms with Gasteiger partial charge in [-0.25, -0.2) is 0 Å². The van der Waals surface area contributed by atoms with Crippen molar-refractivity contribution in [2.45, 2.75) is 147 Å². The van der Waals surface area contributed by atoms with E-state index >= 15 is 0 Å². The third-order valence-corrected chi connectivity index (χ3v) is 103. The van der Waals surface area contributed by atoms with Gasteiger partial charge in [-0.3, -0.25) is 0 Å². The summed E-state index contributed by atoms with van der Waals surface area (Å²) in [5, 5.41) is 1.98. The van der Waals surface area contributed by atoms with Crippen LogP contribution < -0.4 is 0 Å². The summed E-state index contributed by atoms with van der Waals surface area (Å²) in [5.74, 6) is 0. The van der Waals surface area contributed by atoms with Gasteiger partial charge < -0.3 is 0 Å². The Hall–Kier alpha value is 1.22. The zero-order chi connectivity index (χ0) is 28.7. The second-order valence-electron chi connectivity index (χ2n) is 19.0. The summed E-state index contributed by atoms with van der Waals surface area (Å²) < 4.78 is 0.840. The topological polar surface area (TPSA) is 0 Å². The molecule has 0 radical (unpaired) electrons. The van der Waals surface area contributed by atoms with Gasteiger partial charge in [-0.2, -0.15) is 0 Å². The third-order valence-electron chi connectivity index (χ3n) is 10.0. The molecule has 1 aliphatic rings. The summed E-state index contributed by atoms with van der Waals surface area (Å²) in [6.07, 6.45) is 9.07. The van der Waals surface area contributed by atoms with E-state index in [1.165, 1.54) is 0 Å². The quantitative estimate of drug-likeness (QED) is 0.239. The number of allylic oxidation sites excluding steroid dienone is 4. The van der Waals surface area contributed by atoms with Gasteiger partial charge in [-0.1, -0.05) is 161 Å². The highest BCUT2D eigenvalue weighted by atomic mass is 29.9. The molecule has 0 atom stereocenters. The molecule has 206 valence electrons. The molecule has 0 saturated heterocycles. The van der Waals surface area contributed by atoms with Gasteiger partial charge in [0.15, 0.2) is 0 Å². The molecular formula is C27H66Si8. The molecule has 0 N–H and O–H groups in total. The highest BCUT2D eigenvalue weighted by Gasteiger charge is 2.72. The standard InChI is InChI=1S/C27H66Si8/c1-28(2,3)26(29(4,5)6)23-22-25(24-27(26,30(7,8)9)31(10,11)12)35(32(13,14)15,33(16,17)18)34(19,20)21/h22-24H,1-21H3. The molecule has 0 bridgehead atoms. The Labute approximate surface area is 230 Å². The highest BCUT2D eigenvalue weighted by molar-refractivity contribution is 7.91. The van der Waals surface area contributed by atoms with Crippen LogP contribution in [0.15, 0.2) is 23.4 Å². The predicted octanol–water partition coefficient (Wildman–Crippen LogP) is 10.6. The zero-order valence-corrected chi connectivity index (χ0v) is 36.2. The lowest BCUT2D eigenvalue weighted by Crippen LogP contribution is -2.84. The van der Waals surface area contributed by atoms with E-state index in [0.29, 0.717) is 9.32 Å². The van der Waals surface area contributed by atoms with Crippen LogP contribution in [0.4, 0.5) is 0 Å². The minimum Gasteiger partial charge on any atom is -0.0849 e. The van der Waals surface area contributed by atoms with Crippen molar-refractivity contribution in [3.05, 3.63) is 23.4 Å². The minimum absolute atomic E-state index is 0.420. The van der Waals surface area contributed by atoms with Crippen molar-refractivity contribution in [1.29, 1.82) is 0 Å². The molecular weight excluding hydrogens is 549 g/mol. The van der Waals surface area contributed by atoms with Gasteiger partial charge in [-0.15, -0.1) is 0 Å². The molecule has 0 saturated carbocycles. The van der Waals surface area contributed by atoms with Gasteiger partial charge in [0.1, 0.15) is 0 Å². The molecule has 0 heterocycles. The van der Waals surface area contributed by atoms with E-state index in [-0.39, 0.29) is 0 Å². The Morgan fingerprint density at radius 1 is 0.400 bits per heavy atom. The van der Waals surface area contributed by atoms with Crippen LogP contribution in [0.3, 0.4) is 0 Å². The fraction of sp³-hybridized carbons (Fsp3) is 0.852. The predicted molar refractivity (Wildman–Crippen MR) is 192 cm³/mol. The van der Waals surface area contributed by atoms with Crippen LogP contribution in [0.2, 0.25) is 147 Å². The molecule has 35 heavy (non-hydrogen) atoms. The van der Waals surface area contributed by atoms with Crippen molar-refractivity contribution in [2.24, 2.45) is 0 Å². The summed E-state index contributed by atoms with van der Waals surface area (Å²) in [7, 11) is -10.6. The first-order valence-electron chi connectivity index (χ1n) is 14.2. The molecule has 8 heteroatoms. The molecule has 0 amide bonds. The fourth-order valence-electron chi connectivity index (χ4n) is 11.2. The first-order chi connectivity index (χ1) is 14.8. The van der Waals surface area contributed by atoms with Gasteiger partial charge in [0.25, 0.3) is 0 Å². The Bertz CT molecular complexity index is 784. The molecule has 0 spiro atoms. The number of rotatable bonds is 8. The van der Waals surface area contributed by atoms with Crippen molar-refractivity contribution in [3.8, 4) is 0 Å². The Morgan fingerprint density at radius 2 is 0.657 bits per heavy atom. The second-order valence-corrected chi connectivity index (χ2v) is 81.5. The van der Waals surface area contributed by atoms with E-state index < -0.39 is 61.7 Å². The minimum atomic E-state index is -1.66. The Morgan fingerprint density at radius 3 is 0.857 bits per heavy atom. The molecule has 1 rings (SSSR count). The van der Waals surface area contributed by atoms with Gasteiger partial charge in [0.05, 0.1) is 38.9 Å². The number of hydrogen-bond donors (Lipinski definition) is 0. The van der Waals surface area contributed by atoms with E-state index in [2.05, 4.69) is 156 Å². The monoisotopic (exact) mass is 614 g/mol. The van der Waals surface area contributed by atoms with Crippen molar-refractivity contribution in [1.82, 2.24) is 0 Å². The lowest BCUT2D eigenvalue weighted by atomic mass is 10.1. The Kier molecular flexibility index (Phi) is 8.93. The third kappa shape index (κ3) is 4.77. The lowest BCUT2D eigenvalue weighted by molar-refractivity contribution is 0.723. The van der Waals surface area contributed by atoms with Crippen LogP contribution in [-0.4, -0.2) is 61.7 Å². The molecule has 0 aliphatic heterocycles. The van der Waals surface area contributed by atoms with Gasteiger partial charge in [0, 0.05) is 22.8 Å². The molecule has 0 aromatic carbocycles. The molecule has 0 aromatic rings.